The maximum Gasteiger partial charge on any atom is 0.236 e. The Morgan fingerprint density at radius 1 is 1.36 bits per heavy atom. The number of nitrogens with two attached hydrogens (primary N) is 2. The third kappa shape index (κ3) is 6.42. The highest BCUT2D eigenvalue weighted by Crippen LogP contribution is 2.02. The van der Waals surface area contributed by atoms with Crippen LogP contribution in [-0.2, 0) is 9.59 Å². The minimum Gasteiger partial charge on any atom is -0.370 e. The third-order valence-corrected chi connectivity index (χ3v) is 1.73. The van der Waals surface area contributed by atoms with E-state index in [-0.39, 0.29) is 18.9 Å². The lowest BCUT2D eigenvalue weighted by Crippen LogP contribution is -2.42. The first-order valence-corrected chi connectivity index (χ1v) is 4.75. The zero-order valence-electron chi connectivity index (χ0n) is 8.75. The van der Waals surface area contributed by atoms with Gasteiger partial charge in [-0.25, -0.2) is 0 Å². The van der Waals surface area contributed by atoms with E-state index in [0.717, 1.165) is 0 Å². The van der Waals surface area contributed by atoms with E-state index in [4.69, 9.17) is 11.5 Å². The smallest absolute Gasteiger partial charge is 0.236 e. The molecular weight excluding hydrogens is 182 g/mol. The molecule has 0 radical (unpaired) electrons. The minimum absolute atomic E-state index is 0.153. The van der Waals surface area contributed by atoms with Crippen LogP contribution in [0.15, 0.2) is 0 Å². The average Bonchev–Trinajstić information content (AvgIpc) is 2.01. The maximum atomic E-state index is 11.3. The summed E-state index contributed by atoms with van der Waals surface area (Å²) < 4.78 is 0. The lowest BCUT2D eigenvalue weighted by Gasteiger charge is -2.13. The topological polar surface area (TPSA) is 98.2 Å². The average molecular weight is 201 g/mol. The Labute approximate surface area is 84.2 Å². The fourth-order valence-corrected chi connectivity index (χ4v) is 1.05. The number of nitrogens with one attached hydrogen (secondary N) is 1. The Bertz CT molecular complexity index is 204. The van der Waals surface area contributed by atoms with E-state index in [0.29, 0.717) is 12.3 Å². The van der Waals surface area contributed by atoms with Gasteiger partial charge in [0.2, 0.25) is 11.8 Å². The van der Waals surface area contributed by atoms with E-state index in [1.165, 1.54) is 0 Å². The Kier molecular flexibility index (Phi) is 5.87. The summed E-state index contributed by atoms with van der Waals surface area (Å²) in [7, 11) is 0. The molecule has 14 heavy (non-hydrogen) atoms. The molecule has 0 aromatic rings. The van der Waals surface area contributed by atoms with E-state index in [2.05, 4.69) is 5.32 Å². The highest BCUT2D eigenvalue weighted by atomic mass is 16.2. The van der Waals surface area contributed by atoms with E-state index < -0.39 is 11.9 Å². The molecule has 0 aromatic carbocycles. The molecule has 5 nitrogen and oxygen atoms in total. The molecule has 5 heteroatoms. The van der Waals surface area contributed by atoms with E-state index in [1.807, 2.05) is 13.8 Å². The zero-order valence-corrected chi connectivity index (χ0v) is 8.75. The van der Waals surface area contributed by atoms with Crippen molar-refractivity contribution in [2.24, 2.45) is 17.4 Å². The molecule has 0 saturated heterocycles. The number of hydrogen-bond donors (Lipinski definition) is 3. The van der Waals surface area contributed by atoms with Gasteiger partial charge >= 0.3 is 0 Å². The molecule has 5 N–H and O–H groups in total. The first-order valence-electron chi connectivity index (χ1n) is 4.75. The molecule has 0 aliphatic carbocycles. The van der Waals surface area contributed by atoms with Crippen LogP contribution in [0.4, 0.5) is 0 Å². The van der Waals surface area contributed by atoms with Crippen molar-refractivity contribution >= 4 is 11.8 Å². The van der Waals surface area contributed by atoms with Crippen molar-refractivity contribution < 1.29 is 9.59 Å². The van der Waals surface area contributed by atoms with Gasteiger partial charge in [0.1, 0.15) is 0 Å². The molecule has 0 rings (SSSR count). The van der Waals surface area contributed by atoms with Gasteiger partial charge in [-0.1, -0.05) is 13.8 Å². The minimum atomic E-state index is -0.497. The molecule has 0 fully saturated rings. The second-order valence-electron chi connectivity index (χ2n) is 3.74. The van der Waals surface area contributed by atoms with Crippen LogP contribution in [0.3, 0.4) is 0 Å². The molecule has 0 heterocycles. The monoisotopic (exact) mass is 201 g/mol. The van der Waals surface area contributed by atoms with Gasteiger partial charge in [-0.15, -0.1) is 0 Å². The van der Waals surface area contributed by atoms with Gasteiger partial charge in [-0.3, -0.25) is 9.59 Å². The molecule has 0 saturated carbocycles. The third-order valence-electron chi connectivity index (χ3n) is 1.73. The Hall–Kier alpha value is -1.10. The predicted molar refractivity (Wildman–Crippen MR) is 54.3 cm³/mol. The fraction of sp³-hybridized carbons (Fsp3) is 0.778. The van der Waals surface area contributed by atoms with Crippen molar-refractivity contribution in [2.75, 3.05) is 6.54 Å². The summed E-state index contributed by atoms with van der Waals surface area (Å²) in [5, 5.41) is 2.55. The fourth-order valence-electron chi connectivity index (χ4n) is 1.05. The number of carbonyl (C=O) groups excluding carboxylic acids is 2. The van der Waals surface area contributed by atoms with Crippen LogP contribution in [0.1, 0.15) is 26.7 Å². The number of rotatable bonds is 6. The van der Waals surface area contributed by atoms with Crippen LogP contribution in [0.5, 0.6) is 0 Å². The van der Waals surface area contributed by atoms with Crippen molar-refractivity contribution in [3.8, 4) is 0 Å². The van der Waals surface area contributed by atoms with Gasteiger partial charge in [-0.2, -0.15) is 0 Å². The van der Waals surface area contributed by atoms with Gasteiger partial charge in [-0.05, 0) is 12.3 Å². The summed E-state index contributed by atoms with van der Waals surface area (Å²) in [4.78, 5) is 21.6. The molecule has 0 aromatic heterocycles. The number of carbonyl (C=O) groups is 2. The van der Waals surface area contributed by atoms with Crippen LogP contribution >= 0.6 is 0 Å². The summed E-state index contributed by atoms with van der Waals surface area (Å²) in [5.41, 5.74) is 10.5. The lowest BCUT2D eigenvalue weighted by atomic mass is 10.0. The van der Waals surface area contributed by atoms with Crippen LogP contribution in [0.25, 0.3) is 0 Å². The van der Waals surface area contributed by atoms with E-state index in [9.17, 15) is 9.59 Å². The molecule has 0 aliphatic rings. The van der Waals surface area contributed by atoms with Crippen LogP contribution in [0, 0.1) is 5.92 Å². The van der Waals surface area contributed by atoms with Crippen molar-refractivity contribution in [3.05, 3.63) is 0 Å². The number of primary amides is 1. The lowest BCUT2D eigenvalue weighted by molar-refractivity contribution is -0.123. The molecule has 0 spiro atoms. The van der Waals surface area contributed by atoms with Crippen molar-refractivity contribution in [1.29, 1.82) is 0 Å². The second-order valence-corrected chi connectivity index (χ2v) is 3.74. The Morgan fingerprint density at radius 3 is 2.36 bits per heavy atom. The Morgan fingerprint density at radius 2 is 1.93 bits per heavy atom. The van der Waals surface area contributed by atoms with Crippen molar-refractivity contribution in [2.45, 2.75) is 32.7 Å². The summed E-state index contributed by atoms with van der Waals surface area (Å²) in [6.07, 6.45) is 0.794. The highest BCUT2D eigenvalue weighted by Gasteiger charge is 2.14. The molecule has 0 bridgehead atoms. The largest absolute Gasteiger partial charge is 0.370 e. The van der Waals surface area contributed by atoms with E-state index in [1.54, 1.807) is 0 Å². The molecule has 0 unspecified atom stereocenters. The predicted octanol–water partition coefficient (Wildman–Crippen LogP) is -0.649. The first kappa shape index (κ1) is 12.9. The molecule has 0 aliphatic heterocycles. The van der Waals surface area contributed by atoms with Crippen molar-refractivity contribution in [3.63, 3.8) is 0 Å². The van der Waals surface area contributed by atoms with Gasteiger partial charge in [0.15, 0.2) is 0 Å². The number of amides is 2. The highest BCUT2D eigenvalue weighted by molar-refractivity contribution is 5.82. The Balaban J connectivity index is 3.67. The van der Waals surface area contributed by atoms with Crippen LogP contribution in [0.2, 0.25) is 0 Å². The maximum absolute atomic E-state index is 11.3. The number of hydrogen-bond acceptors (Lipinski definition) is 3. The molecule has 1 atom stereocenters. The van der Waals surface area contributed by atoms with Crippen LogP contribution in [-0.4, -0.2) is 24.4 Å². The summed E-state index contributed by atoms with van der Waals surface area (Å²) >= 11 is 0. The van der Waals surface area contributed by atoms with Gasteiger partial charge < -0.3 is 16.8 Å². The summed E-state index contributed by atoms with van der Waals surface area (Å²) in [6, 6.07) is -0.497. The van der Waals surface area contributed by atoms with Gasteiger partial charge in [0.05, 0.1) is 6.04 Å². The van der Waals surface area contributed by atoms with Gasteiger partial charge in [0, 0.05) is 13.0 Å². The molecule has 2 amide bonds. The van der Waals surface area contributed by atoms with E-state index >= 15 is 0 Å². The first-order chi connectivity index (χ1) is 6.43. The zero-order chi connectivity index (χ0) is 11.1. The normalized spacial score (nSPS) is 12.6. The summed E-state index contributed by atoms with van der Waals surface area (Å²) in [5.74, 6) is -0.269. The van der Waals surface area contributed by atoms with Crippen LogP contribution < -0.4 is 16.8 Å². The SMILES string of the molecule is CC(C)C[C@@H](N)C(=O)NCCC(N)=O. The molecular formula is C9H19N3O2. The van der Waals surface area contributed by atoms with Crippen molar-refractivity contribution in [1.82, 2.24) is 5.32 Å². The summed E-state index contributed by atoms with van der Waals surface area (Å²) in [6.45, 7) is 4.26. The molecule has 82 valence electrons. The van der Waals surface area contributed by atoms with Gasteiger partial charge in [0.25, 0.3) is 0 Å². The quantitative estimate of drug-likeness (QED) is 0.532. The standard InChI is InChI=1S/C9H19N3O2/c1-6(2)5-7(10)9(14)12-4-3-8(11)13/h6-7H,3-5,10H2,1-2H3,(H2,11,13)(H,12,14)/t7-/m1/s1. The second kappa shape index (κ2) is 6.37.